The zero-order valence-electron chi connectivity index (χ0n) is 6.20. The highest BCUT2D eigenvalue weighted by molar-refractivity contribution is 6.00. The van der Waals surface area contributed by atoms with Gasteiger partial charge in [0.2, 0.25) is 0 Å². The first-order valence-electron chi connectivity index (χ1n) is 3.01. The van der Waals surface area contributed by atoms with Crippen molar-refractivity contribution in [3.05, 3.63) is 17.5 Å². The normalized spacial score (nSPS) is 9.42. The van der Waals surface area contributed by atoms with Gasteiger partial charge in [0.25, 0.3) is 0 Å². The smallest absolute Gasteiger partial charge is 0.354 e. The van der Waals surface area contributed by atoms with Gasteiger partial charge in [-0.05, 0) is 0 Å². The molecule has 6 heteroatoms. The second-order valence-electron chi connectivity index (χ2n) is 1.96. The molecule has 64 valence electrons. The lowest BCUT2D eigenvalue weighted by atomic mass is 10.2. The van der Waals surface area contributed by atoms with Crippen LogP contribution >= 0.6 is 0 Å². The van der Waals surface area contributed by atoms with Gasteiger partial charge in [-0.3, -0.25) is 5.10 Å². The number of rotatable bonds is 2. The Labute approximate surface area is 67.2 Å². The van der Waals surface area contributed by atoms with Gasteiger partial charge in [-0.1, -0.05) is 0 Å². The number of nitrogens with zero attached hydrogens (tertiary/aromatic N) is 1. The summed E-state index contributed by atoms with van der Waals surface area (Å²) in [6.45, 7) is 0. The predicted octanol–water partition coefficient (Wildman–Crippen LogP) is -0.106. The van der Waals surface area contributed by atoms with Crippen LogP contribution in [0, 0.1) is 0 Å². The maximum Gasteiger partial charge on any atom is 0.354 e. The van der Waals surface area contributed by atoms with Gasteiger partial charge >= 0.3 is 11.9 Å². The Bertz CT molecular complexity index is 317. The number of carboxylic acids is 1. The van der Waals surface area contributed by atoms with Gasteiger partial charge in [0.05, 0.1) is 13.3 Å². The van der Waals surface area contributed by atoms with Gasteiger partial charge < -0.3 is 9.84 Å². The third-order valence-corrected chi connectivity index (χ3v) is 1.26. The van der Waals surface area contributed by atoms with E-state index in [0.717, 1.165) is 6.20 Å². The lowest BCUT2D eigenvalue weighted by molar-refractivity contribution is 0.0582. The minimum Gasteiger partial charge on any atom is -0.477 e. The van der Waals surface area contributed by atoms with Gasteiger partial charge in [-0.2, -0.15) is 5.10 Å². The molecule has 0 aromatic carbocycles. The summed E-state index contributed by atoms with van der Waals surface area (Å²) in [6.07, 6.45) is 1.11. The molecule has 0 amide bonds. The number of carbonyl (C=O) groups is 2. The summed E-state index contributed by atoms with van der Waals surface area (Å²) in [5, 5.41) is 14.1. The average molecular weight is 170 g/mol. The number of ether oxygens (including phenoxy) is 1. The lowest BCUT2D eigenvalue weighted by Crippen LogP contribution is -2.08. The third-order valence-electron chi connectivity index (χ3n) is 1.26. The van der Waals surface area contributed by atoms with Crippen molar-refractivity contribution in [1.29, 1.82) is 0 Å². The summed E-state index contributed by atoms with van der Waals surface area (Å²) >= 11 is 0. The Kier molecular flexibility index (Phi) is 2.09. The van der Waals surface area contributed by atoms with Crippen molar-refractivity contribution in [2.75, 3.05) is 7.11 Å². The predicted molar refractivity (Wildman–Crippen MR) is 36.9 cm³/mol. The van der Waals surface area contributed by atoms with Crippen LogP contribution in [-0.4, -0.2) is 34.4 Å². The Morgan fingerprint density at radius 2 is 2.33 bits per heavy atom. The molecule has 12 heavy (non-hydrogen) atoms. The van der Waals surface area contributed by atoms with E-state index in [0.29, 0.717) is 0 Å². The van der Waals surface area contributed by atoms with Crippen LogP contribution < -0.4 is 0 Å². The number of H-pyrrole nitrogens is 1. The molecule has 0 saturated carbocycles. The second-order valence-corrected chi connectivity index (χ2v) is 1.96. The molecule has 1 aromatic heterocycles. The van der Waals surface area contributed by atoms with Gasteiger partial charge in [-0.25, -0.2) is 9.59 Å². The molecule has 0 atom stereocenters. The maximum atomic E-state index is 10.9. The molecule has 0 aliphatic heterocycles. The van der Waals surface area contributed by atoms with E-state index < -0.39 is 11.9 Å². The number of nitrogens with one attached hydrogen (secondary N) is 1. The van der Waals surface area contributed by atoms with Crippen LogP contribution in [0.5, 0.6) is 0 Å². The van der Waals surface area contributed by atoms with Crippen molar-refractivity contribution >= 4 is 11.9 Å². The summed E-state index contributed by atoms with van der Waals surface area (Å²) in [4.78, 5) is 21.3. The van der Waals surface area contributed by atoms with Crippen LogP contribution in [0.4, 0.5) is 0 Å². The van der Waals surface area contributed by atoms with Gasteiger partial charge in [0.15, 0.2) is 5.69 Å². The molecular weight excluding hydrogens is 164 g/mol. The number of methoxy groups -OCH3 is 1. The zero-order valence-corrected chi connectivity index (χ0v) is 6.20. The van der Waals surface area contributed by atoms with E-state index in [-0.39, 0.29) is 11.3 Å². The topological polar surface area (TPSA) is 92.3 Å². The van der Waals surface area contributed by atoms with Crippen molar-refractivity contribution in [3.8, 4) is 0 Å². The fourth-order valence-electron chi connectivity index (χ4n) is 0.714. The van der Waals surface area contributed by atoms with Crippen LogP contribution in [0.15, 0.2) is 6.20 Å². The molecule has 0 aliphatic carbocycles. The molecule has 2 N–H and O–H groups in total. The molecule has 1 rings (SSSR count). The number of esters is 1. The van der Waals surface area contributed by atoms with Crippen LogP contribution in [0.3, 0.4) is 0 Å². The summed E-state index contributed by atoms with van der Waals surface area (Å²) in [6, 6.07) is 0. The van der Waals surface area contributed by atoms with Crippen molar-refractivity contribution < 1.29 is 19.4 Å². The van der Waals surface area contributed by atoms with E-state index in [1.165, 1.54) is 7.11 Å². The summed E-state index contributed by atoms with van der Waals surface area (Å²) in [7, 11) is 1.17. The van der Waals surface area contributed by atoms with E-state index in [9.17, 15) is 9.59 Å². The molecule has 6 nitrogen and oxygen atoms in total. The highest BCUT2D eigenvalue weighted by atomic mass is 16.5. The molecule has 0 unspecified atom stereocenters. The Morgan fingerprint density at radius 1 is 1.67 bits per heavy atom. The van der Waals surface area contributed by atoms with Crippen LogP contribution in [0.25, 0.3) is 0 Å². The number of aromatic nitrogens is 2. The van der Waals surface area contributed by atoms with Crippen LogP contribution in [0.2, 0.25) is 0 Å². The van der Waals surface area contributed by atoms with Gasteiger partial charge in [0.1, 0.15) is 5.56 Å². The fourth-order valence-corrected chi connectivity index (χ4v) is 0.714. The van der Waals surface area contributed by atoms with Gasteiger partial charge in [0, 0.05) is 0 Å². The molecule has 0 saturated heterocycles. The summed E-state index contributed by atoms with van der Waals surface area (Å²) < 4.78 is 4.32. The molecule has 0 aliphatic rings. The number of aromatic amines is 1. The highest BCUT2D eigenvalue weighted by Crippen LogP contribution is 2.05. The largest absolute Gasteiger partial charge is 0.477 e. The monoisotopic (exact) mass is 170 g/mol. The Balaban J connectivity index is 3.07. The minimum absolute atomic E-state index is 0.0787. The third kappa shape index (κ3) is 1.26. The standard InChI is InChI=1S/C6H6N2O4/c1-12-6(11)3-2-7-8-4(3)5(9)10/h2H,1H3,(H,7,8)(H,9,10). The number of hydrogen-bond acceptors (Lipinski definition) is 4. The number of carbonyl (C=O) groups excluding carboxylic acids is 1. The number of carboxylic acid groups (broad SMARTS) is 1. The molecule has 1 aromatic rings. The Morgan fingerprint density at radius 3 is 2.83 bits per heavy atom. The molecule has 0 fully saturated rings. The van der Waals surface area contributed by atoms with Crippen molar-refractivity contribution in [3.63, 3.8) is 0 Å². The molecule has 1 heterocycles. The van der Waals surface area contributed by atoms with E-state index >= 15 is 0 Å². The lowest BCUT2D eigenvalue weighted by Gasteiger charge is -1.94. The minimum atomic E-state index is -1.24. The van der Waals surface area contributed by atoms with E-state index in [1.807, 2.05) is 0 Å². The zero-order chi connectivity index (χ0) is 9.14. The van der Waals surface area contributed by atoms with Crippen LogP contribution in [0.1, 0.15) is 20.8 Å². The van der Waals surface area contributed by atoms with Gasteiger partial charge in [-0.15, -0.1) is 0 Å². The molecule has 0 bridgehead atoms. The van der Waals surface area contributed by atoms with Crippen molar-refractivity contribution in [2.24, 2.45) is 0 Å². The highest BCUT2D eigenvalue weighted by Gasteiger charge is 2.18. The van der Waals surface area contributed by atoms with E-state index in [2.05, 4.69) is 14.9 Å². The fraction of sp³-hybridized carbons (Fsp3) is 0.167. The average Bonchev–Trinajstić information content (AvgIpc) is 2.50. The van der Waals surface area contributed by atoms with Crippen molar-refractivity contribution in [2.45, 2.75) is 0 Å². The van der Waals surface area contributed by atoms with E-state index in [1.54, 1.807) is 0 Å². The van der Waals surface area contributed by atoms with Crippen LogP contribution in [-0.2, 0) is 4.74 Å². The summed E-state index contributed by atoms with van der Waals surface area (Å²) in [5.41, 5.74) is -0.341. The first kappa shape index (κ1) is 8.25. The van der Waals surface area contributed by atoms with E-state index in [4.69, 9.17) is 5.11 Å². The number of aromatic carboxylic acids is 1. The Hall–Kier alpha value is -1.85. The molecular formula is C6H6N2O4. The SMILES string of the molecule is COC(=O)c1cn[nH]c1C(=O)O. The summed E-state index contributed by atoms with van der Waals surface area (Å²) in [5.74, 6) is -1.96. The molecule has 0 spiro atoms. The molecule has 0 radical (unpaired) electrons. The maximum absolute atomic E-state index is 10.9. The first-order valence-corrected chi connectivity index (χ1v) is 3.01. The quantitative estimate of drug-likeness (QED) is 0.604. The second kappa shape index (κ2) is 3.04. The first-order chi connectivity index (χ1) is 5.66. The van der Waals surface area contributed by atoms with Crippen molar-refractivity contribution in [1.82, 2.24) is 10.2 Å². The number of hydrogen-bond donors (Lipinski definition) is 2.